The molecule has 0 N–H and O–H groups in total. The number of thioether (sulfide) groups is 1. The van der Waals surface area contributed by atoms with Crippen LogP contribution in [0.5, 0.6) is 0 Å². The van der Waals surface area contributed by atoms with Crippen molar-refractivity contribution in [2.45, 2.75) is 10.3 Å². The van der Waals surface area contributed by atoms with Gasteiger partial charge in [0.25, 0.3) is 0 Å². The second kappa shape index (κ2) is 6.68. The second-order valence-corrected chi connectivity index (χ2v) is 9.61. The molecule has 3 nitrogen and oxygen atoms in total. The van der Waals surface area contributed by atoms with Crippen molar-refractivity contribution in [2.75, 3.05) is 12.3 Å². The van der Waals surface area contributed by atoms with Crippen molar-refractivity contribution in [3.05, 3.63) is 62.7 Å². The average Bonchev–Trinajstić information content (AvgIpc) is 2.99. The molecule has 1 atom stereocenters. The lowest BCUT2D eigenvalue weighted by Gasteiger charge is -2.23. The van der Waals surface area contributed by atoms with E-state index in [0.29, 0.717) is 16.5 Å². The minimum atomic E-state index is -3.49. The van der Waals surface area contributed by atoms with Gasteiger partial charge in [-0.25, -0.2) is 8.42 Å². The summed E-state index contributed by atoms with van der Waals surface area (Å²) in [5.74, 6) is 0.789. The van der Waals surface area contributed by atoms with Crippen molar-refractivity contribution in [1.29, 1.82) is 0 Å². The lowest BCUT2D eigenvalue weighted by Crippen LogP contribution is -2.30. The van der Waals surface area contributed by atoms with Crippen LogP contribution in [-0.4, -0.2) is 25.0 Å². The van der Waals surface area contributed by atoms with Gasteiger partial charge in [-0.2, -0.15) is 4.31 Å². The van der Waals surface area contributed by atoms with Crippen molar-refractivity contribution < 1.29 is 8.42 Å². The second-order valence-electron chi connectivity index (χ2n) is 4.84. The molecule has 0 unspecified atom stereocenters. The first-order valence-electron chi connectivity index (χ1n) is 6.63. The summed E-state index contributed by atoms with van der Waals surface area (Å²) in [4.78, 5) is 0.342. The molecule has 1 aliphatic rings. The maximum atomic E-state index is 12.9. The van der Waals surface area contributed by atoms with Crippen molar-refractivity contribution in [1.82, 2.24) is 4.31 Å². The fourth-order valence-corrected chi connectivity index (χ4v) is 6.06. The van der Waals surface area contributed by atoms with Crippen LogP contribution in [-0.2, 0) is 10.0 Å². The molecule has 116 valence electrons. The molecule has 1 saturated heterocycles. The highest BCUT2D eigenvalue weighted by atomic mass is 127. The molecule has 0 radical (unpaired) electrons. The van der Waals surface area contributed by atoms with E-state index < -0.39 is 10.0 Å². The summed E-state index contributed by atoms with van der Waals surface area (Å²) in [5, 5.41) is 0.459. The zero-order valence-electron chi connectivity index (χ0n) is 11.4. The molecule has 1 heterocycles. The van der Waals surface area contributed by atoms with Crippen LogP contribution in [0.15, 0.2) is 53.4 Å². The molecule has 2 aromatic rings. The van der Waals surface area contributed by atoms with Crippen LogP contribution in [0.25, 0.3) is 0 Å². The largest absolute Gasteiger partial charge is 0.244 e. The van der Waals surface area contributed by atoms with Gasteiger partial charge in [-0.05, 0) is 64.6 Å². The minimum absolute atomic E-state index is 0.193. The van der Waals surface area contributed by atoms with Crippen LogP contribution < -0.4 is 0 Å². The van der Waals surface area contributed by atoms with E-state index >= 15 is 0 Å². The Kier molecular flexibility index (Phi) is 5.04. The van der Waals surface area contributed by atoms with Gasteiger partial charge in [0, 0.05) is 20.9 Å². The first-order valence-corrected chi connectivity index (χ1v) is 10.6. The fraction of sp³-hybridized carbons (Fsp3) is 0.200. The third-order valence-electron chi connectivity index (χ3n) is 3.42. The molecule has 1 fully saturated rings. The van der Waals surface area contributed by atoms with Crippen molar-refractivity contribution in [2.24, 2.45) is 0 Å². The van der Waals surface area contributed by atoms with E-state index in [9.17, 15) is 8.42 Å². The van der Waals surface area contributed by atoms with Crippen LogP contribution in [0.3, 0.4) is 0 Å². The van der Waals surface area contributed by atoms with Crippen LogP contribution in [0, 0.1) is 3.57 Å². The van der Waals surface area contributed by atoms with Crippen LogP contribution in [0.4, 0.5) is 0 Å². The highest BCUT2D eigenvalue weighted by Crippen LogP contribution is 2.41. The number of sulfonamides is 1. The zero-order valence-corrected chi connectivity index (χ0v) is 16.0. The lowest BCUT2D eigenvalue weighted by molar-refractivity contribution is 0.434. The van der Waals surface area contributed by atoms with Crippen LogP contribution in [0.2, 0.25) is 5.02 Å². The standard InChI is InChI=1S/C15H13ClINO2S2/c16-12-3-1-11(2-4-12)15-18(9-10-21-15)22(19,20)14-7-5-13(17)6-8-14/h1-8,15H,9-10H2/t15-/m0/s1. The fourth-order valence-electron chi connectivity index (χ4n) is 2.33. The Bertz CT molecular complexity index is 763. The summed E-state index contributed by atoms with van der Waals surface area (Å²) in [6, 6.07) is 14.3. The Labute approximate surface area is 153 Å². The lowest BCUT2D eigenvalue weighted by atomic mass is 10.2. The van der Waals surface area contributed by atoms with Crippen LogP contribution >= 0.6 is 46.0 Å². The molecule has 0 aromatic heterocycles. The molecule has 0 aliphatic carbocycles. The van der Waals surface area contributed by atoms with Gasteiger partial charge < -0.3 is 0 Å². The van der Waals surface area contributed by atoms with Crippen LogP contribution in [0.1, 0.15) is 10.9 Å². The first kappa shape index (κ1) is 16.6. The molecule has 1 aliphatic heterocycles. The van der Waals surface area contributed by atoms with Crippen molar-refractivity contribution in [3.8, 4) is 0 Å². The highest BCUT2D eigenvalue weighted by molar-refractivity contribution is 14.1. The van der Waals surface area contributed by atoms with E-state index in [1.54, 1.807) is 40.3 Å². The Balaban J connectivity index is 1.95. The minimum Gasteiger partial charge on any atom is -0.207 e. The highest BCUT2D eigenvalue weighted by Gasteiger charge is 2.36. The number of hydrogen-bond acceptors (Lipinski definition) is 3. The van der Waals surface area contributed by atoms with E-state index in [2.05, 4.69) is 22.6 Å². The molecule has 0 saturated carbocycles. The number of rotatable bonds is 3. The molecule has 0 amide bonds. The maximum absolute atomic E-state index is 12.9. The molecule has 7 heteroatoms. The third kappa shape index (κ3) is 3.31. The predicted octanol–water partition coefficient (Wildman–Crippen LogP) is 4.38. The van der Waals surface area contributed by atoms with Gasteiger partial charge in [-0.3, -0.25) is 0 Å². The summed E-state index contributed by atoms with van der Waals surface area (Å²) in [5.41, 5.74) is 0.959. The molecule has 22 heavy (non-hydrogen) atoms. The third-order valence-corrected chi connectivity index (χ3v) is 7.67. The van der Waals surface area contributed by atoms with Gasteiger partial charge in [-0.1, -0.05) is 23.7 Å². The average molecular weight is 466 g/mol. The monoisotopic (exact) mass is 465 g/mol. The van der Waals surface area contributed by atoms with Gasteiger partial charge in [0.05, 0.1) is 10.3 Å². The Morgan fingerprint density at radius 3 is 2.36 bits per heavy atom. The molecular weight excluding hydrogens is 453 g/mol. The van der Waals surface area contributed by atoms with E-state index in [1.165, 1.54) is 0 Å². The molecule has 0 spiro atoms. The van der Waals surface area contributed by atoms with E-state index in [4.69, 9.17) is 11.6 Å². The Hall–Kier alpha value is -0.280. The summed E-state index contributed by atoms with van der Waals surface area (Å²) < 4.78 is 28.3. The zero-order chi connectivity index (χ0) is 15.7. The van der Waals surface area contributed by atoms with Gasteiger partial charge >= 0.3 is 0 Å². The molecular formula is C15H13ClINO2S2. The van der Waals surface area contributed by atoms with Crippen molar-refractivity contribution in [3.63, 3.8) is 0 Å². The Morgan fingerprint density at radius 2 is 1.73 bits per heavy atom. The quantitative estimate of drug-likeness (QED) is 0.631. The summed E-state index contributed by atoms with van der Waals surface area (Å²) in [7, 11) is -3.49. The normalized spacial score (nSPS) is 19.5. The number of nitrogens with zero attached hydrogens (tertiary/aromatic N) is 1. The number of halogens is 2. The molecule has 3 rings (SSSR count). The molecule has 2 aromatic carbocycles. The van der Waals surface area contributed by atoms with Crippen molar-refractivity contribution >= 4 is 56.0 Å². The first-order chi connectivity index (χ1) is 10.5. The topological polar surface area (TPSA) is 37.4 Å². The van der Waals surface area contributed by atoms with Gasteiger partial charge in [-0.15, -0.1) is 11.8 Å². The Morgan fingerprint density at radius 1 is 1.09 bits per heavy atom. The van der Waals surface area contributed by atoms with Gasteiger partial charge in [0.15, 0.2) is 0 Å². The number of hydrogen-bond donors (Lipinski definition) is 0. The van der Waals surface area contributed by atoms with Gasteiger partial charge in [0.2, 0.25) is 10.0 Å². The summed E-state index contributed by atoms with van der Waals surface area (Å²) in [6.07, 6.45) is 0. The van der Waals surface area contributed by atoms with Gasteiger partial charge in [0.1, 0.15) is 0 Å². The van der Waals surface area contributed by atoms with E-state index in [-0.39, 0.29) is 5.37 Å². The smallest absolute Gasteiger partial charge is 0.207 e. The maximum Gasteiger partial charge on any atom is 0.244 e. The SMILES string of the molecule is O=S(=O)(c1ccc(I)cc1)N1CCS[C@H]1c1ccc(Cl)cc1. The summed E-state index contributed by atoms with van der Waals surface area (Å²) >= 11 is 9.72. The molecule has 0 bridgehead atoms. The number of benzene rings is 2. The predicted molar refractivity (Wildman–Crippen MR) is 99.7 cm³/mol. The summed E-state index contributed by atoms with van der Waals surface area (Å²) in [6.45, 7) is 0.520. The van der Waals surface area contributed by atoms with E-state index in [0.717, 1.165) is 14.9 Å². The van der Waals surface area contributed by atoms with E-state index in [1.807, 2.05) is 24.3 Å².